The molecule has 1 amide bonds. The fourth-order valence-electron chi connectivity index (χ4n) is 4.68. The van der Waals surface area contributed by atoms with Crippen molar-refractivity contribution in [1.82, 2.24) is 9.71 Å². The number of nitrogen functional groups attached to an aromatic ring is 1. The fraction of sp³-hybridized carbons (Fsp3) is 0.125. The van der Waals surface area contributed by atoms with Crippen molar-refractivity contribution in [2.24, 2.45) is 10.7 Å². The number of nitrogens with two attached hydrogens (primary N) is 1. The number of nitrogens with one attached hydrogen (secondary N) is 3. The van der Waals surface area contributed by atoms with Crippen molar-refractivity contribution in [2.45, 2.75) is 30.2 Å². The van der Waals surface area contributed by atoms with Crippen LogP contribution in [0.1, 0.15) is 44.7 Å². The molecule has 0 saturated heterocycles. The highest BCUT2D eigenvalue weighted by molar-refractivity contribution is 7.89. The Bertz CT molecular complexity index is 1930. The molecule has 2 aromatic heterocycles. The van der Waals surface area contributed by atoms with Gasteiger partial charge in [0.05, 0.1) is 26.5 Å². The van der Waals surface area contributed by atoms with E-state index in [4.69, 9.17) is 16.1 Å². The Kier molecular flexibility index (Phi) is 8.77. The third-order valence-corrected chi connectivity index (χ3v) is 10.2. The maximum absolute atomic E-state index is 13.7. The molecule has 2 unspecified atom stereocenters. The quantitative estimate of drug-likeness (QED) is 0.101. The van der Waals surface area contributed by atoms with E-state index in [9.17, 15) is 9.35 Å². The van der Waals surface area contributed by atoms with E-state index in [2.05, 4.69) is 21.1 Å². The molecule has 5 N–H and O–H groups in total. The summed E-state index contributed by atoms with van der Waals surface area (Å²) in [5, 5.41) is 12.5. The van der Waals surface area contributed by atoms with Gasteiger partial charge in [-0.3, -0.25) is 10.2 Å². The number of allylic oxidation sites excluding steroid dienone is 1. The predicted molar refractivity (Wildman–Crippen MR) is 175 cm³/mol. The van der Waals surface area contributed by atoms with E-state index in [1.54, 1.807) is 47.9 Å². The van der Waals surface area contributed by atoms with Crippen molar-refractivity contribution >= 4 is 67.8 Å². The molecule has 0 spiro atoms. The van der Waals surface area contributed by atoms with Gasteiger partial charge in [0.15, 0.2) is 4.90 Å². The van der Waals surface area contributed by atoms with Gasteiger partial charge in [-0.2, -0.15) is 0 Å². The van der Waals surface area contributed by atoms with Crippen molar-refractivity contribution in [3.8, 4) is 0 Å². The van der Waals surface area contributed by atoms with Gasteiger partial charge >= 0.3 is 0 Å². The number of aromatic nitrogens is 1. The van der Waals surface area contributed by atoms with E-state index in [1.807, 2.05) is 54.6 Å². The summed E-state index contributed by atoms with van der Waals surface area (Å²) in [4.78, 5) is 23.5. The molecule has 1 aliphatic rings. The number of hydrogen-bond acceptors (Lipinski definition) is 8. The molecule has 8 nitrogen and oxygen atoms in total. The summed E-state index contributed by atoms with van der Waals surface area (Å²) in [6.45, 7) is 0. The molecule has 0 bridgehead atoms. The number of benzene rings is 3. The molecule has 3 aromatic carbocycles. The van der Waals surface area contributed by atoms with Crippen LogP contribution < -0.4 is 25.7 Å². The molecular weight excluding hydrogens is 597 g/mol. The lowest BCUT2D eigenvalue weighted by Gasteiger charge is -2.19. The van der Waals surface area contributed by atoms with Crippen LogP contribution in [0.5, 0.6) is 0 Å². The molecule has 3 heterocycles. The number of anilines is 1. The maximum Gasteiger partial charge on any atom is 0.265 e. The van der Waals surface area contributed by atoms with Crippen LogP contribution in [-0.2, 0) is 17.8 Å². The Morgan fingerprint density at radius 2 is 1.91 bits per heavy atom. The second-order valence-electron chi connectivity index (χ2n) is 9.93. The van der Waals surface area contributed by atoms with E-state index in [0.29, 0.717) is 27.4 Å². The van der Waals surface area contributed by atoms with Gasteiger partial charge in [0.25, 0.3) is 5.91 Å². The van der Waals surface area contributed by atoms with E-state index < -0.39 is 11.4 Å². The van der Waals surface area contributed by atoms with Crippen LogP contribution in [0.3, 0.4) is 0 Å². The van der Waals surface area contributed by atoms with Gasteiger partial charge in [0.1, 0.15) is 21.6 Å². The standard InChI is InChI=1S/C32H28N6O2S3/c33-29(34)21-10-6-8-20(16-21)17-26(32-37-25-13-3-4-14-27(25)41-32)38-43(40)24-12-7-11-23(19-24)36-30(39)28-18-22-9-2-1-5-15-35-31(22)42-28/h3-16,18-19,26,38H,1-2,17H2,(H3,33,34)(H,36,39)/b15-5-,22-9-,35-31+. The van der Waals surface area contributed by atoms with E-state index in [1.165, 1.54) is 11.3 Å². The number of carbonyl (C=O) groups is 1. The minimum Gasteiger partial charge on any atom is -0.593 e. The number of amidine groups is 1. The van der Waals surface area contributed by atoms with Crippen LogP contribution in [-0.4, -0.2) is 21.3 Å². The molecule has 1 aliphatic heterocycles. The minimum atomic E-state index is -1.62. The average Bonchev–Trinajstić information content (AvgIpc) is 3.61. The fourth-order valence-corrected chi connectivity index (χ4v) is 7.71. The third-order valence-electron chi connectivity index (χ3n) is 6.80. The zero-order chi connectivity index (χ0) is 29.8. The van der Waals surface area contributed by atoms with Gasteiger partial charge in [-0.1, -0.05) is 48.6 Å². The van der Waals surface area contributed by atoms with E-state index in [-0.39, 0.29) is 17.8 Å². The average molecular weight is 625 g/mol. The topological polar surface area (TPSA) is 139 Å². The van der Waals surface area contributed by atoms with E-state index in [0.717, 1.165) is 43.5 Å². The van der Waals surface area contributed by atoms with Gasteiger partial charge in [-0.15, -0.1) is 27.4 Å². The van der Waals surface area contributed by atoms with Crippen molar-refractivity contribution in [3.63, 3.8) is 0 Å². The molecule has 0 radical (unpaired) electrons. The Morgan fingerprint density at radius 3 is 2.77 bits per heavy atom. The first-order valence-corrected chi connectivity index (χ1v) is 16.4. The Hall–Kier alpha value is -4.13. The van der Waals surface area contributed by atoms with Crippen LogP contribution >= 0.6 is 22.7 Å². The lowest BCUT2D eigenvalue weighted by molar-refractivity contribution is 0.103. The van der Waals surface area contributed by atoms with Gasteiger partial charge in [-0.25, -0.2) is 9.98 Å². The highest BCUT2D eigenvalue weighted by Crippen LogP contribution is 2.30. The lowest BCUT2D eigenvalue weighted by Crippen LogP contribution is -2.30. The van der Waals surface area contributed by atoms with Crippen LogP contribution in [0.4, 0.5) is 5.69 Å². The van der Waals surface area contributed by atoms with Gasteiger partial charge in [0, 0.05) is 28.7 Å². The van der Waals surface area contributed by atoms with Crippen LogP contribution in [0.2, 0.25) is 0 Å². The molecule has 2 atom stereocenters. The largest absolute Gasteiger partial charge is 0.593 e. The minimum absolute atomic E-state index is 0.00753. The Balaban J connectivity index is 1.23. The molecular formula is C32H28N6O2S3. The molecule has 216 valence electrons. The number of amides is 1. The van der Waals surface area contributed by atoms with Gasteiger partial charge < -0.3 is 15.6 Å². The summed E-state index contributed by atoms with van der Waals surface area (Å²) in [6, 6.07) is 23.9. The molecule has 0 aliphatic carbocycles. The van der Waals surface area contributed by atoms with Crippen molar-refractivity contribution in [1.29, 1.82) is 5.41 Å². The number of thiophene rings is 1. The number of rotatable bonds is 9. The Morgan fingerprint density at radius 1 is 1.05 bits per heavy atom. The first-order chi connectivity index (χ1) is 20.9. The summed E-state index contributed by atoms with van der Waals surface area (Å²) in [5.74, 6) is -0.246. The van der Waals surface area contributed by atoms with Crippen LogP contribution in [0, 0.1) is 5.41 Å². The number of carbonyl (C=O) groups excluding carboxylic acids is 1. The second kappa shape index (κ2) is 13.0. The molecule has 5 aromatic rings. The van der Waals surface area contributed by atoms with Crippen molar-refractivity contribution < 1.29 is 9.35 Å². The van der Waals surface area contributed by atoms with Crippen LogP contribution in [0.15, 0.2) is 101 Å². The number of hydrogen-bond donors (Lipinski definition) is 4. The van der Waals surface area contributed by atoms with Crippen LogP contribution in [0.25, 0.3) is 16.3 Å². The van der Waals surface area contributed by atoms with Crippen molar-refractivity contribution in [2.75, 3.05) is 5.32 Å². The highest BCUT2D eigenvalue weighted by atomic mass is 32.2. The number of para-hydroxylation sites is 1. The summed E-state index contributed by atoms with van der Waals surface area (Å²) < 4.78 is 18.8. The molecule has 0 fully saturated rings. The second-order valence-corrected chi connectivity index (χ2v) is 13.3. The normalized spacial score (nSPS) is 16.4. The first-order valence-electron chi connectivity index (χ1n) is 13.6. The highest BCUT2D eigenvalue weighted by Gasteiger charge is 2.25. The smallest absolute Gasteiger partial charge is 0.265 e. The number of nitrogens with zero attached hydrogens (tertiary/aromatic N) is 2. The molecule has 0 saturated carbocycles. The van der Waals surface area contributed by atoms with Gasteiger partial charge in [0.2, 0.25) is 0 Å². The summed E-state index contributed by atoms with van der Waals surface area (Å²) >= 11 is 1.28. The van der Waals surface area contributed by atoms with Crippen molar-refractivity contribution in [3.05, 3.63) is 122 Å². The maximum atomic E-state index is 13.7. The van der Waals surface area contributed by atoms with Gasteiger partial charge in [-0.05, 0) is 61.2 Å². The lowest BCUT2D eigenvalue weighted by atomic mass is 10.0. The summed E-state index contributed by atoms with van der Waals surface area (Å²) in [7, 11) is 0. The Labute approximate surface area is 259 Å². The summed E-state index contributed by atoms with van der Waals surface area (Å²) in [6.07, 6.45) is 8.22. The summed E-state index contributed by atoms with van der Waals surface area (Å²) in [5.41, 5.74) is 8.72. The molecule has 43 heavy (non-hydrogen) atoms. The zero-order valence-corrected chi connectivity index (χ0v) is 25.4. The predicted octanol–water partition coefficient (Wildman–Crippen LogP) is 5.20. The first kappa shape index (κ1) is 29.0. The SMILES string of the molecule is N=C(N)c1cccc(CC(N[S+]([O-])c2cccc(NC(=O)c3cc4/c(s3)=N\C=C/CC\C=4)c2)c2nc3ccccc3s2)c1. The number of fused-ring (bicyclic) bond motifs is 2. The number of thiazole rings is 1. The molecule has 6 rings (SSSR count). The zero-order valence-electron chi connectivity index (χ0n) is 22.9. The third kappa shape index (κ3) is 6.93. The molecule has 11 heteroatoms. The monoisotopic (exact) mass is 624 g/mol. The van der Waals surface area contributed by atoms with E-state index >= 15 is 0 Å².